The Labute approximate surface area is 130 Å². The third-order valence-corrected chi connectivity index (χ3v) is 3.48. The molecule has 0 spiro atoms. The zero-order chi connectivity index (χ0) is 16.1. The maximum Gasteiger partial charge on any atom is 0.246 e. The van der Waals surface area contributed by atoms with Crippen molar-refractivity contribution in [2.45, 2.75) is 32.6 Å². The molecule has 0 aliphatic carbocycles. The number of amides is 1. The number of rotatable bonds is 6. The zero-order valence-electron chi connectivity index (χ0n) is 13.4. The monoisotopic (exact) mass is 303 g/mol. The number of carbonyl (C=O) groups is 1. The summed E-state index contributed by atoms with van der Waals surface area (Å²) in [6, 6.07) is 8.09. The lowest BCUT2D eigenvalue weighted by atomic mass is 10.0. The number of aromatic nitrogens is 2. The second kappa shape index (κ2) is 7.17. The van der Waals surface area contributed by atoms with Crippen LogP contribution >= 0.6 is 0 Å². The molecule has 0 saturated carbocycles. The largest absolute Gasteiger partial charge is 0.339 e. The maximum atomic E-state index is 11.6. The van der Waals surface area contributed by atoms with Crippen LogP contribution in [0.25, 0.3) is 11.4 Å². The van der Waals surface area contributed by atoms with Gasteiger partial charge in [0.05, 0.1) is 7.11 Å². The van der Waals surface area contributed by atoms with E-state index in [-0.39, 0.29) is 12.3 Å². The standard InChI is InChI=1S/C16H21N3O3/c1-11(2)12-5-7-13(8-6-12)16-17-14(22-18-16)9-10-15(20)19(3)21-4/h5-8,11H,9-10H2,1-4H3. The first-order valence-electron chi connectivity index (χ1n) is 7.25. The van der Waals surface area contributed by atoms with E-state index in [1.54, 1.807) is 7.05 Å². The van der Waals surface area contributed by atoms with Crippen LogP contribution in [0.2, 0.25) is 0 Å². The Balaban J connectivity index is 2.00. The summed E-state index contributed by atoms with van der Waals surface area (Å²) in [6.07, 6.45) is 0.655. The van der Waals surface area contributed by atoms with Crippen molar-refractivity contribution in [1.29, 1.82) is 0 Å². The highest BCUT2D eigenvalue weighted by Gasteiger charge is 2.13. The molecule has 0 atom stereocenters. The fourth-order valence-corrected chi connectivity index (χ4v) is 1.96. The summed E-state index contributed by atoms with van der Waals surface area (Å²) in [5.41, 5.74) is 2.17. The highest BCUT2D eigenvalue weighted by atomic mass is 16.7. The Morgan fingerprint density at radius 2 is 2.00 bits per heavy atom. The summed E-state index contributed by atoms with van der Waals surface area (Å²) in [5.74, 6) is 1.33. The van der Waals surface area contributed by atoms with Crippen molar-refractivity contribution in [1.82, 2.24) is 15.2 Å². The highest BCUT2D eigenvalue weighted by molar-refractivity contribution is 5.74. The SMILES string of the molecule is CON(C)C(=O)CCc1nc(-c2ccc(C(C)C)cc2)no1. The lowest BCUT2D eigenvalue weighted by Crippen LogP contribution is -2.25. The molecule has 0 unspecified atom stereocenters. The number of hydrogen-bond donors (Lipinski definition) is 0. The van der Waals surface area contributed by atoms with Gasteiger partial charge in [0.15, 0.2) is 0 Å². The minimum Gasteiger partial charge on any atom is -0.339 e. The Morgan fingerprint density at radius 1 is 1.32 bits per heavy atom. The van der Waals surface area contributed by atoms with Gasteiger partial charge in [-0.05, 0) is 11.5 Å². The van der Waals surface area contributed by atoms with Crippen LogP contribution in [-0.4, -0.2) is 35.3 Å². The van der Waals surface area contributed by atoms with Gasteiger partial charge in [-0.25, -0.2) is 5.06 Å². The quantitative estimate of drug-likeness (QED) is 0.768. The number of benzene rings is 1. The van der Waals surface area contributed by atoms with Crippen LogP contribution in [0.1, 0.15) is 37.6 Å². The summed E-state index contributed by atoms with van der Waals surface area (Å²) >= 11 is 0. The lowest BCUT2D eigenvalue weighted by molar-refractivity contribution is -0.168. The molecule has 6 heteroatoms. The molecule has 0 saturated heterocycles. The van der Waals surface area contributed by atoms with E-state index in [0.717, 1.165) is 5.56 Å². The van der Waals surface area contributed by atoms with Gasteiger partial charge in [-0.3, -0.25) is 9.63 Å². The maximum absolute atomic E-state index is 11.6. The van der Waals surface area contributed by atoms with Crippen LogP contribution in [0, 0.1) is 0 Å². The van der Waals surface area contributed by atoms with Gasteiger partial charge in [-0.2, -0.15) is 4.98 Å². The van der Waals surface area contributed by atoms with E-state index in [4.69, 9.17) is 9.36 Å². The minimum absolute atomic E-state index is 0.136. The molecule has 6 nitrogen and oxygen atoms in total. The van der Waals surface area contributed by atoms with Gasteiger partial charge in [0.1, 0.15) is 0 Å². The number of carbonyl (C=O) groups excluding carboxylic acids is 1. The lowest BCUT2D eigenvalue weighted by Gasteiger charge is -2.12. The Morgan fingerprint density at radius 3 is 2.59 bits per heavy atom. The van der Waals surface area contributed by atoms with Gasteiger partial charge >= 0.3 is 0 Å². The highest BCUT2D eigenvalue weighted by Crippen LogP contribution is 2.20. The van der Waals surface area contributed by atoms with Crippen LogP contribution in [0.3, 0.4) is 0 Å². The van der Waals surface area contributed by atoms with E-state index < -0.39 is 0 Å². The number of hydrogen-bond acceptors (Lipinski definition) is 5. The number of nitrogens with zero attached hydrogens (tertiary/aromatic N) is 3. The molecule has 0 aliphatic heterocycles. The van der Waals surface area contributed by atoms with Gasteiger partial charge in [-0.1, -0.05) is 43.3 Å². The summed E-state index contributed by atoms with van der Waals surface area (Å²) in [7, 11) is 3.02. The van der Waals surface area contributed by atoms with Gasteiger partial charge in [0.25, 0.3) is 0 Å². The van der Waals surface area contributed by atoms with Crippen molar-refractivity contribution in [2.24, 2.45) is 0 Å². The molecule has 2 rings (SSSR count). The summed E-state index contributed by atoms with van der Waals surface area (Å²) in [5, 5.41) is 5.14. The van der Waals surface area contributed by atoms with Crippen molar-refractivity contribution in [3.8, 4) is 11.4 Å². The molecule has 0 radical (unpaired) electrons. The first kappa shape index (κ1) is 16.2. The molecule has 0 bridgehead atoms. The predicted octanol–water partition coefficient (Wildman–Crippen LogP) is 2.81. The normalized spacial score (nSPS) is 11.0. The molecular formula is C16H21N3O3. The van der Waals surface area contributed by atoms with E-state index in [2.05, 4.69) is 36.1 Å². The van der Waals surface area contributed by atoms with Crippen LogP contribution in [0.4, 0.5) is 0 Å². The summed E-state index contributed by atoms with van der Waals surface area (Å²) in [4.78, 5) is 20.8. The van der Waals surface area contributed by atoms with Crippen LogP contribution in [0.15, 0.2) is 28.8 Å². The minimum atomic E-state index is -0.136. The molecule has 22 heavy (non-hydrogen) atoms. The molecule has 0 aliphatic rings. The molecule has 2 aromatic rings. The summed E-state index contributed by atoms with van der Waals surface area (Å²) < 4.78 is 5.19. The van der Waals surface area contributed by atoms with Crippen molar-refractivity contribution < 1.29 is 14.2 Å². The van der Waals surface area contributed by atoms with Crippen molar-refractivity contribution in [3.63, 3.8) is 0 Å². The molecule has 0 fully saturated rings. The fourth-order valence-electron chi connectivity index (χ4n) is 1.96. The van der Waals surface area contributed by atoms with Crippen molar-refractivity contribution in [3.05, 3.63) is 35.7 Å². The van der Waals surface area contributed by atoms with Crippen LogP contribution in [-0.2, 0) is 16.1 Å². The zero-order valence-corrected chi connectivity index (χ0v) is 13.4. The Kier molecular flexibility index (Phi) is 5.27. The first-order valence-corrected chi connectivity index (χ1v) is 7.25. The first-order chi connectivity index (χ1) is 10.5. The van der Waals surface area contributed by atoms with E-state index in [1.165, 1.54) is 17.7 Å². The molecule has 1 aromatic carbocycles. The smallest absolute Gasteiger partial charge is 0.246 e. The molecule has 0 N–H and O–H groups in total. The van der Waals surface area contributed by atoms with Crippen LogP contribution < -0.4 is 0 Å². The topological polar surface area (TPSA) is 68.5 Å². The number of hydroxylamine groups is 2. The Hall–Kier alpha value is -2.21. The van der Waals surface area contributed by atoms with E-state index in [9.17, 15) is 4.79 Å². The van der Waals surface area contributed by atoms with Crippen molar-refractivity contribution >= 4 is 5.91 Å². The van der Waals surface area contributed by atoms with Crippen molar-refractivity contribution in [2.75, 3.05) is 14.2 Å². The van der Waals surface area contributed by atoms with Gasteiger partial charge in [0.2, 0.25) is 17.6 Å². The van der Waals surface area contributed by atoms with E-state index >= 15 is 0 Å². The van der Waals surface area contributed by atoms with E-state index in [1.807, 2.05) is 12.1 Å². The molecule has 1 aromatic heterocycles. The third-order valence-electron chi connectivity index (χ3n) is 3.48. The second-order valence-corrected chi connectivity index (χ2v) is 5.36. The van der Waals surface area contributed by atoms with Gasteiger partial charge in [-0.15, -0.1) is 0 Å². The predicted molar refractivity (Wildman–Crippen MR) is 81.9 cm³/mol. The van der Waals surface area contributed by atoms with E-state index in [0.29, 0.717) is 24.1 Å². The second-order valence-electron chi connectivity index (χ2n) is 5.36. The molecular weight excluding hydrogens is 282 g/mol. The fraction of sp³-hybridized carbons (Fsp3) is 0.438. The molecule has 1 heterocycles. The molecule has 1 amide bonds. The van der Waals surface area contributed by atoms with Crippen LogP contribution in [0.5, 0.6) is 0 Å². The molecule has 118 valence electrons. The Bertz CT molecular complexity index is 620. The van der Waals surface area contributed by atoms with Gasteiger partial charge < -0.3 is 4.52 Å². The average molecular weight is 303 g/mol. The van der Waals surface area contributed by atoms with Gasteiger partial charge in [0, 0.05) is 25.5 Å². The number of aryl methyl sites for hydroxylation is 1. The third kappa shape index (κ3) is 3.92. The summed E-state index contributed by atoms with van der Waals surface area (Å²) in [6.45, 7) is 4.30. The average Bonchev–Trinajstić information content (AvgIpc) is 3.00.